The highest BCUT2D eigenvalue weighted by Gasteiger charge is 2.19. The monoisotopic (exact) mass is 278 g/mol. The number of aliphatic hydroxyl groups is 1. The number of furan rings is 1. The Morgan fingerprint density at radius 1 is 1.32 bits per heavy atom. The van der Waals surface area contributed by atoms with Crippen LogP contribution in [0.5, 0.6) is 0 Å². The van der Waals surface area contributed by atoms with Crippen LogP contribution >= 0.6 is 11.6 Å². The SMILES string of the molecule is OC(CCC1CCCC1)c1cc2cccc(Cl)c2o1. The summed E-state index contributed by atoms with van der Waals surface area (Å²) < 4.78 is 5.69. The Morgan fingerprint density at radius 2 is 2.11 bits per heavy atom. The molecule has 0 radical (unpaired) electrons. The van der Waals surface area contributed by atoms with E-state index in [1.54, 1.807) is 0 Å². The molecule has 0 bridgehead atoms. The number of rotatable bonds is 4. The fourth-order valence-electron chi connectivity index (χ4n) is 3.05. The van der Waals surface area contributed by atoms with Crippen molar-refractivity contribution in [2.24, 2.45) is 5.92 Å². The van der Waals surface area contributed by atoms with Gasteiger partial charge in [0.05, 0.1) is 5.02 Å². The smallest absolute Gasteiger partial charge is 0.152 e. The molecule has 1 atom stereocenters. The fourth-order valence-corrected chi connectivity index (χ4v) is 3.27. The highest BCUT2D eigenvalue weighted by atomic mass is 35.5. The maximum atomic E-state index is 10.2. The Labute approximate surface area is 118 Å². The van der Waals surface area contributed by atoms with E-state index < -0.39 is 6.10 Å². The molecule has 3 rings (SSSR count). The first-order valence-corrected chi connectivity index (χ1v) is 7.48. The Morgan fingerprint density at radius 3 is 2.84 bits per heavy atom. The van der Waals surface area contributed by atoms with Crippen LogP contribution < -0.4 is 0 Å². The third kappa shape index (κ3) is 2.80. The molecule has 0 spiro atoms. The van der Waals surface area contributed by atoms with Crippen LogP contribution in [-0.4, -0.2) is 5.11 Å². The Hall–Kier alpha value is -0.990. The van der Waals surface area contributed by atoms with Gasteiger partial charge in [-0.3, -0.25) is 0 Å². The first-order valence-electron chi connectivity index (χ1n) is 7.10. The van der Waals surface area contributed by atoms with E-state index in [0.717, 1.165) is 24.1 Å². The number of aliphatic hydroxyl groups excluding tert-OH is 1. The van der Waals surface area contributed by atoms with Crippen molar-refractivity contribution < 1.29 is 9.52 Å². The molecule has 0 aliphatic heterocycles. The number of para-hydroxylation sites is 1. The molecule has 1 aromatic carbocycles. The fraction of sp³-hybridized carbons (Fsp3) is 0.500. The van der Waals surface area contributed by atoms with Crippen LogP contribution in [0.4, 0.5) is 0 Å². The van der Waals surface area contributed by atoms with Crippen molar-refractivity contribution in [1.82, 2.24) is 0 Å². The van der Waals surface area contributed by atoms with Gasteiger partial charge in [0, 0.05) is 5.39 Å². The van der Waals surface area contributed by atoms with Gasteiger partial charge in [0.2, 0.25) is 0 Å². The zero-order valence-electron chi connectivity index (χ0n) is 10.9. The third-order valence-electron chi connectivity index (χ3n) is 4.17. The number of fused-ring (bicyclic) bond motifs is 1. The van der Waals surface area contributed by atoms with Crippen LogP contribution in [0.25, 0.3) is 11.0 Å². The van der Waals surface area contributed by atoms with Gasteiger partial charge in [-0.15, -0.1) is 0 Å². The molecule has 102 valence electrons. The molecule has 1 aliphatic rings. The summed E-state index contributed by atoms with van der Waals surface area (Å²) >= 11 is 6.08. The van der Waals surface area contributed by atoms with Crippen molar-refractivity contribution in [3.8, 4) is 0 Å². The van der Waals surface area contributed by atoms with Gasteiger partial charge in [0.25, 0.3) is 0 Å². The number of halogens is 1. The average Bonchev–Trinajstić information content (AvgIpc) is 3.05. The minimum atomic E-state index is -0.510. The summed E-state index contributed by atoms with van der Waals surface area (Å²) in [6, 6.07) is 7.56. The predicted octanol–water partition coefficient (Wildman–Crippen LogP) is 5.09. The standard InChI is InChI=1S/C16H19ClO2/c17-13-7-3-6-12-10-15(19-16(12)13)14(18)9-8-11-4-1-2-5-11/h3,6-7,10-11,14,18H,1-2,4-5,8-9H2. The van der Waals surface area contributed by atoms with E-state index >= 15 is 0 Å². The van der Waals surface area contributed by atoms with Crippen molar-refractivity contribution in [1.29, 1.82) is 0 Å². The van der Waals surface area contributed by atoms with Crippen LogP contribution in [0.1, 0.15) is 50.4 Å². The van der Waals surface area contributed by atoms with Crippen LogP contribution in [0.15, 0.2) is 28.7 Å². The zero-order chi connectivity index (χ0) is 13.2. The second-order valence-corrected chi connectivity index (χ2v) is 5.96. The first kappa shape index (κ1) is 13.0. The minimum absolute atomic E-state index is 0.510. The molecular weight excluding hydrogens is 260 g/mol. The number of hydrogen-bond acceptors (Lipinski definition) is 2. The predicted molar refractivity (Wildman–Crippen MR) is 77.4 cm³/mol. The molecule has 2 nitrogen and oxygen atoms in total. The highest BCUT2D eigenvalue weighted by Crippen LogP contribution is 2.34. The maximum absolute atomic E-state index is 10.2. The first-order chi connectivity index (χ1) is 9.24. The number of benzene rings is 1. The molecule has 1 heterocycles. The second kappa shape index (κ2) is 5.56. The quantitative estimate of drug-likeness (QED) is 0.845. The molecule has 1 fully saturated rings. The number of hydrogen-bond donors (Lipinski definition) is 1. The van der Waals surface area contributed by atoms with Crippen molar-refractivity contribution >= 4 is 22.6 Å². The van der Waals surface area contributed by atoms with Crippen LogP contribution in [0.2, 0.25) is 5.02 Å². The molecule has 1 N–H and O–H groups in total. The van der Waals surface area contributed by atoms with Crippen molar-refractivity contribution in [3.63, 3.8) is 0 Å². The molecule has 1 aromatic heterocycles. The molecule has 19 heavy (non-hydrogen) atoms. The van der Waals surface area contributed by atoms with Gasteiger partial charge < -0.3 is 9.52 Å². The van der Waals surface area contributed by atoms with E-state index in [1.807, 2.05) is 24.3 Å². The van der Waals surface area contributed by atoms with Crippen molar-refractivity contribution in [2.45, 2.75) is 44.6 Å². The summed E-state index contributed by atoms with van der Waals surface area (Å²) in [5.41, 5.74) is 0.680. The van der Waals surface area contributed by atoms with Crippen molar-refractivity contribution in [2.75, 3.05) is 0 Å². The van der Waals surface area contributed by atoms with Gasteiger partial charge in [-0.05, 0) is 30.9 Å². The lowest BCUT2D eigenvalue weighted by Crippen LogP contribution is -2.00. The summed E-state index contributed by atoms with van der Waals surface area (Å²) in [6.45, 7) is 0. The summed E-state index contributed by atoms with van der Waals surface area (Å²) in [7, 11) is 0. The Balaban J connectivity index is 1.70. The largest absolute Gasteiger partial charge is 0.457 e. The summed E-state index contributed by atoms with van der Waals surface area (Å²) in [5.74, 6) is 1.43. The van der Waals surface area contributed by atoms with Gasteiger partial charge in [-0.25, -0.2) is 0 Å². The molecule has 0 amide bonds. The van der Waals surface area contributed by atoms with Crippen LogP contribution in [-0.2, 0) is 0 Å². The molecule has 2 aromatic rings. The van der Waals surface area contributed by atoms with Crippen LogP contribution in [0.3, 0.4) is 0 Å². The maximum Gasteiger partial charge on any atom is 0.152 e. The molecular formula is C16H19ClO2. The van der Waals surface area contributed by atoms with Gasteiger partial charge in [0.15, 0.2) is 5.58 Å². The molecule has 1 aliphatic carbocycles. The summed E-state index contributed by atoms with van der Waals surface area (Å²) in [5, 5.41) is 11.8. The van der Waals surface area contributed by atoms with Gasteiger partial charge in [-0.2, -0.15) is 0 Å². The Bertz CT molecular complexity index is 555. The normalized spacial score (nSPS) is 18.2. The lowest BCUT2D eigenvalue weighted by Gasteiger charge is -2.11. The van der Waals surface area contributed by atoms with E-state index in [1.165, 1.54) is 25.7 Å². The van der Waals surface area contributed by atoms with E-state index in [0.29, 0.717) is 16.4 Å². The van der Waals surface area contributed by atoms with Crippen molar-refractivity contribution in [3.05, 3.63) is 35.0 Å². The van der Waals surface area contributed by atoms with E-state index in [2.05, 4.69) is 0 Å². The average molecular weight is 279 g/mol. The second-order valence-electron chi connectivity index (χ2n) is 5.55. The lowest BCUT2D eigenvalue weighted by molar-refractivity contribution is 0.133. The zero-order valence-corrected chi connectivity index (χ0v) is 11.7. The molecule has 3 heteroatoms. The summed E-state index contributed by atoms with van der Waals surface area (Å²) in [4.78, 5) is 0. The summed E-state index contributed by atoms with van der Waals surface area (Å²) in [6.07, 6.45) is 6.69. The van der Waals surface area contributed by atoms with E-state index in [-0.39, 0.29) is 0 Å². The molecule has 0 saturated heterocycles. The van der Waals surface area contributed by atoms with Gasteiger partial charge >= 0.3 is 0 Å². The highest BCUT2D eigenvalue weighted by molar-refractivity contribution is 6.34. The third-order valence-corrected chi connectivity index (χ3v) is 4.46. The van der Waals surface area contributed by atoms with E-state index in [9.17, 15) is 5.11 Å². The minimum Gasteiger partial charge on any atom is -0.457 e. The van der Waals surface area contributed by atoms with E-state index in [4.69, 9.17) is 16.0 Å². The van der Waals surface area contributed by atoms with Gasteiger partial charge in [0.1, 0.15) is 11.9 Å². The molecule has 1 unspecified atom stereocenters. The lowest BCUT2D eigenvalue weighted by atomic mass is 9.99. The Kier molecular flexibility index (Phi) is 3.81. The molecule has 1 saturated carbocycles. The van der Waals surface area contributed by atoms with Gasteiger partial charge in [-0.1, -0.05) is 49.4 Å². The topological polar surface area (TPSA) is 33.4 Å². The van der Waals surface area contributed by atoms with Crippen LogP contribution in [0, 0.1) is 5.92 Å².